The number of nitrogens with one attached hydrogen (secondary N) is 1. The summed E-state index contributed by atoms with van der Waals surface area (Å²) in [6.45, 7) is 0. The van der Waals surface area contributed by atoms with Crippen LogP contribution in [-0.2, 0) is 0 Å². The lowest BCUT2D eigenvalue weighted by atomic mass is 9.78. The third-order valence-electron chi connectivity index (χ3n) is 10.1. The number of hydrogen-bond acceptors (Lipinski definition) is 2. The lowest BCUT2D eigenvalue weighted by Gasteiger charge is -2.32. The van der Waals surface area contributed by atoms with Gasteiger partial charge in [-0.15, -0.1) is 0 Å². The van der Waals surface area contributed by atoms with Crippen LogP contribution in [0.4, 0.5) is 5.69 Å². The summed E-state index contributed by atoms with van der Waals surface area (Å²) in [5.74, 6) is 2.41. The first-order valence-corrected chi connectivity index (χ1v) is 15.9. The second-order valence-corrected chi connectivity index (χ2v) is 12.5. The molecule has 0 radical (unpaired) electrons. The maximum absolute atomic E-state index is 3.82. The smallest absolute Gasteiger partial charge is 0.111 e. The number of fused-ring (bicyclic) bond motifs is 6. The van der Waals surface area contributed by atoms with Crippen molar-refractivity contribution >= 4 is 34.6 Å². The van der Waals surface area contributed by atoms with Gasteiger partial charge in [0.25, 0.3) is 0 Å². The molecule has 1 aromatic heterocycles. The molecule has 0 amide bonds. The molecule has 1 saturated heterocycles. The van der Waals surface area contributed by atoms with E-state index < -0.39 is 0 Å². The van der Waals surface area contributed by atoms with Crippen molar-refractivity contribution in [2.24, 2.45) is 17.8 Å². The van der Waals surface area contributed by atoms with Gasteiger partial charge in [-0.3, -0.25) is 4.57 Å². The average molecular weight is 570 g/mol. The normalized spacial score (nSPS) is 27.9. The second kappa shape index (κ2) is 10.3. The number of dihydropyridines is 1. The molecule has 2 aliphatic heterocycles. The van der Waals surface area contributed by atoms with Gasteiger partial charge in [0.05, 0.1) is 29.0 Å². The fourth-order valence-corrected chi connectivity index (χ4v) is 8.14. The molecule has 1 N–H and O–H groups in total. The third kappa shape index (κ3) is 4.03. The van der Waals surface area contributed by atoms with Gasteiger partial charge in [-0.1, -0.05) is 134 Å². The summed E-state index contributed by atoms with van der Waals surface area (Å²) in [5, 5.41) is 7.77. The fourth-order valence-electron chi connectivity index (χ4n) is 8.14. The first-order chi connectivity index (χ1) is 21.8. The number of allylic oxidation sites excluding steroid dienone is 6. The van der Waals surface area contributed by atoms with E-state index in [1.807, 2.05) is 0 Å². The molecule has 3 heteroatoms. The Hall–Kier alpha value is -5.02. The molecule has 9 rings (SSSR count). The minimum absolute atomic E-state index is 0.146. The summed E-state index contributed by atoms with van der Waals surface area (Å²) >= 11 is 0. The van der Waals surface area contributed by atoms with Crippen LogP contribution in [0, 0.1) is 17.8 Å². The number of para-hydroxylation sites is 2. The summed E-state index contributed by atoms with van der Waals surface area (Å²) < 4.78 is 2.43. The summed E-state index contributed by atoms with van der Waals surface area (Å²) in [7, 11) is 0. The highest BCUT2D eigenvalue weighted by molar-refractivity contribution is 5.86. The molecule has 214 valence electrons. The van der Waals surface area contributed by atoms with E-state index in [0.717, 1.165) is 12.2 Å². The molecule has 6 atom stereocenters. The topological polar surface area (TPSA) is 20.2 Å². The zero-order valence-electron chi connectivity index (χ0n) is 24.6. The van der Waals surface area contributed by atoms with Crippen molar-refractivity contribution in [1.29, 1.82) is 0 Å². The molecule has 3 aliphatic carbocycles. The Morgan fingerprint density at radius 3 is 2.34 bits per heavy atom. The van der Waals surface area contributed by atoms with Crippen LogP contribution in [-0.4, -0.2) is 16.7 Å². The van der Waals surface area contributed by atoms with Crippen LogP contribution in [0.25, 0.3) is 28.9 Å². The maximum atomic E-state index is 3.82. The van der Waals surface area contributed by atoms with E-state index >= 15 is 0 Å². The molecular weight excluding hydrogens is 534 g/mol. The molecule has 44 heavy (non-hydrogen) atoms. The van der Waals surface area contributed by atoms with Gasteiger partial charge < -0.3 is 10.2 Å². The van der Waals surface area contributed by atoms with Crippen molar-refractivity contribution in [3.05, 3.63) is 167 Å². The number of hydrogen-bond donors (Lipinski definition) is 1. The van der Waals surface area contributed by atoms with Gasteiger partial charge in [-0.25, -0.2) is 0 Å². The molecular formula is C41H35N3. The van der Waals surface area contributed by atoms with Gasteiger partial charge in [0.1, 0.15) is 5.82 Å². The van der Waals surface area contributed by atoms with Gasteiger partial charge in [0.2, 0.25) is 0 Å². The van der Waals surface area contributed by atoms with E-state index in [1.165, 1.54) is 38.3 Å². The van der Waals surface area contributed by atoms with Crippen LogP contribution in [0.15, 0.2) is 151 Å². The van der Waals surface area contributed by atoms with Gasteiger partial charge in [0, 0.05) is 34.0 Å². The van der Waals surface area contributed by atoms with E-state index in [0.29, 0.717) is 29.8 Å². The third-order valence-corrected chi connectivity index (χ3v) is 10.1. The van der Waals surface area contributed by atoms with Gasteiger partial charge in [-0.2, -0.15) is 0 Å². The van der Waals surface area contributed by atoms with Crippen molar-refractivity contribution in [2.45, 2.75) is 24.5 Å². The standard InChI is InChI=1S/C41H35N3/c1-3-12-28(13-4-1)36-18-11-21-41(42-36)44-38-20-10-8-17-33(38)35-27-30(23-25-40(35)44)29-22-24-39-34(26-29)32-16-7-9-19-37(32)43(39)31-14-5-2-6-15-31/h1-22,24-27,30,32,34,36-37,39,42H,23H2. The number of nitrogens with zero attached hydrogens (tertiary/aromatic N) is 2. The molecule has 5 aliphatic rings. The van der Waals surface area contributed by atoms with E-state index in [1.54, 1.807) is 0 Å². The lowest BCUT2D eigenvalue weighted by Crippen LogP contribution is -2.37. The van der Waals surface area contributed by atoms with Crippen LogP contribution in [0.5, 0.6) is 0 Å². The first-order valence-electron chi connectivity index (χ1n) is 15.9. The monoisotopic (exact) mass is 569 g/mol. The minimum Gasteiger partial charge on any atom is -0.361 e. The Labute approximate surface area is 258 Å². The van der Waals surface area contributed by atoms with Crippen LogP contribution >= 0.6 is 0 Å². The highest BCUT2D eigenvalue weighted by Crippen LogP contribution is 2.46. The zero-order chi connectivity index (χ0) is 29.0. The van der Waals surface area contributed by atoms with E-state index in [9.17, 15) is 0 Å². The predicted octanol–water partition coefficient (Wildman–Crippen LogP) is 7.03. The van der Waals surface area contributed by atoms with Crippen molar-refractivity contribution in [3.8, 4) is 0 Å². The SMILES string of the molecule is C1=CC(c2ccccc2)NC(n2c3c(c4ccccc42)=CC(C2=CC4C5C=CC=CC5N(c5ccccc5)C4C=C2)CC=3)=C1. The average Bonchev–Trinajstić information content (AvgIpc) is 3.61. The molecule has 6 unspecified atom stereocenters. The Kier molecular flexibility index (Phi) is 5.97. The largest absolute Gasteiger partial charge is 0.361 e. The lowest BCUT2D eigenvalue weighted by molar-refractivity contribution is 0.520. The van der Waals surface area contributed by atoms with E-state index in [-0.39, 0.29) is 6.04 Å². The number of benzene rings is 3. The van der Waals surface area contributed by atoms with Crippen LogP contribution in [0.1, 0.15) is 18.0 Å². The summed E-state index contributed by atoms with van der Waals surface area (Å²) in [5.41, 5.74) is 5.27. The molecule has 0 spiro atoms. The molecule has 0 saturated carbocycles. The van der Waals surface area contributed by atoms with Crippen molar-refractivity contribution in [2.75, 3.05) is 4.90 Å². The molecule has 0 bridgehead atoms. The molecule has 4 aromatic rings. The van der Waals surface area contributed by atoms with Gasteiger partial charge in [0.15, 0.2) is 0 Å². The van der Waals surface area contributed by atoms with Crippen molar-refractivity contribution in [1.82, 2.24) is 9.88 Å². The van der Waals surface area contributed by atoms with Crippen molar-refractivity contribution < 1.29 is 0 Å². The second-order valence-electron chi connectivity index (χ2n) is 12.5. The quantitative estimate of drug-likeness (QED) is 0.285. The highest BCUT2D eigenvalue weighted by atomic mass is 15.2. The predicted molar refractivity (Wildman–Crippen MR) is 183 cm³/mol. The van der Waals surface area contributed by atoms with Crippen LogP contribution in [0.2, 0.25) is 0 Å². The van der Waals surface area contributed by atoms with Crippen molar-refractivity contribution in [3.63, 3.8) is 0 Å². The summed E-state index contributed by atoms with van der Waals surface area (Å²) in [6.07, 6.45) is 29.4. The molecule has 3 nitrogen and oxygen atoms in total. The Bertz CT molecular complexity index is 2050. The highest BCUT2D eigenvalue weighted by Gasteiger charge is 2.46. The van der Waals surface area contributed by atoms with E-state index in [2.05, 4.69) is 173 Å². The Morgan fingerprint density at radius 2 is 1.45 bits per heavy atom. The first kappa shape index (κ1) is 25.5. The van der Waals surface area contributed by atoms with Gasteiger partial charge >= 0.3 is 0 Å². The number of aromatic nitrogens is 1. The maximum Gasteiger partial charge on any atom is 0.111 e. The Morgan fingerprint density at radius 1 is 0.682 bits per heavy atom. The fraction of sp³-hybridized carbons (Fsp3) is 0.171. The van der Waals surface area contributed by atoms with Gasteiger partial charge in [-0.05, 0) is 41.8 Å². The number of rotatable bonds is 4. The minimum atomic E-state index is 0.146. The molecule has 3 aromatic carbocycles. The Balaban J connectivity index is 1.09. The zero-order valence-corrected chi connectivity index (χ0v) is 24.6. The number of anilines is 1. The molecule has 1 fully saturated rings. The van der Waals surface area contributed by atoms with Crippen LogP contribution in [0.3, 0.4) is 0 Å². The molecule has 3 heterocycles. The summed E-state index contributed by atoms with van der Waals surface area (Å²) in [6, 6.07) is 31.4. The summed E-state index contributed by atoms with van der Waals surface area (Å²) in [4.78, 5) is 2.63. The van der Waals surface area contributed by atoms with Crippen LogP contribution < -0.4 is 20.8 Å². The van der Waals surface area contributed by atoms with E-state index in [4.69, 9.17) is 0 Å².